The molecule has 2 amide bonds. The predicted octanol–water partition coefficient (Wildman–Crippen LogP) is 2.64. The number of hydrogen-bond acceptors (Lipinski definition) is 3. The molecule has 0 aromatic heterocycles. The molecule has 2 aromatic rings. The van der Waals surface area contributed by atoms with Crippen LogP contribution in [0.3, 0.4) is 0 Å². The Labute approximate surface area is 148 Å². The van der Waals surface area contributed by atoms with Crippen molar-refractivity contribution in [2.45, 2.75) is 19.4 Å². The van der Waals surface area contributed by atoms with Gasteiger partial charge in [-0.15, -0.1) is 0 Å². The van der Waals surface area contributed by atoms with Crippen molar-refractivity contribution in [1.82, 2.24) is 10.6 Å². The maximum absolute atomic E-state index is 12.1. The van der Waals surface area contributed by atoms with E-state index in [-0.39, 0.29) is 17.9 Å². The molecule has 1 unspecified atom stereocenters. The van der Waals surface area contributed by atoms with Crippen LogP contribution in [0.2, 0.25) is 0 Å². The lowest BCUT2D eigenvalue weighted by Crippen LogP contribution is -2.36. The second kappa shape index (κ2) is 10.3. The number of carbonyl (C=O) groups is 2. The first-order chi connectivity index (χ1) is 12.2. The number of nitrogens with one attached hydrogen (secondary N) is 2. The van der Waals surface area contributed by atoms with Crippen LogP contribution in [0.1, 0.15) is 34.1 Å². The summed E-state index contributed by atoms with van der Waals surface area (Å²) in [4.78, 5) is 24.1. The van der Waals surface area contributed by atoms with E-state index in [2.05, 4.69) is 10.6 Å². The van der Waals surface area contributed by atoms with Crippen LogP contribution in [-0.4, -0.2) is 37.6 Å². The molecule has 0 radical (unpaired) electrons. The quantitative estimate of drug-likeness (QED) is 0.737. The molecule has 0 fully saturated rings. The summed E-state index contributed by atoms with van der Waals surface area (Å²) in [7, 11) is 0. The monoisotopic (exact) mass is 340 g/mol. The normalized spacial score (nSPS) is 11.6. The lowest BCUT2D eigenvalue weighted by Gasteiger charge is -2.18. The van der Waals surface area contributed by atoms with Gasteiger partial charge in [-0.2, -0.15) is 0 Å². The number of ether oxygens (including phenoxy) is 1. The maximum atomic E-state index is 12.1. The maximum Gasteiger partial charge on any atom is 0.251 e. The highest BCUT2D eigenvalue weighted by Gasteiger charge is 2.12. The van der Waals surface area contributed by atoms with Crippen LogP contribution in [0, 0.1) is 0 Å². The molecule has 132 valence electrons. The Bertz CT molecular complexity index is 659. The Morgan fingerprint density at radius 3 is 1.92 bits per heavy atom. The van der Waals surface area contributed by atoms with E-state index < -0.39 is 0 Å². The van der Waals surface area contributed by atoms with E-state index >= 15 is 0 Å². The van der Waals surface area contributed by atoms with Crippen molar-refractivity contribution in [3.05, 3.63) is 71.8 Å². The van der Waals surface area contributed by atoms with Gasteiger partial charge in [-0.1, -0.05) is 36.4 Å². The number of rotatable bonds is 9. The summed E-state index contributed by atoms with van der Waals surface area (Å²) in [5.74, 6) is -0.234. The highest BCUT2D eigenvalue weighted by molar-refractivity contribution is 5.94. The van der Waals surface area contributed by atoms with Gasteiger partial charge in [-0.05, 0) is 37.6 Å². The molecule has 5 heteroatoms. The van der Waals surface area contributed by atoms with Crippen molar-refractivity contribution in [3.63, 3.8) is 0 Å². The fraction of sp³-hybridized carbons (Fsp3) is 0.300. The molecule has 0 bridgehead atoms. The van der Waals surface area contributed by atoms with E-state index in [1.807, 2.05) is 43.3 Å². The van der Waals surface area contributed by atoms with Crippen LogP contribution >= 0.6 is 0 Å². The largest absolute Gasteiger partial charge is 0.377 e. The SMILES string of the molecule is CCOC(CCNC(=O)c1ccccc1)CNC(=O)c1ccccc1. The molecule has 0 spiro atoms. The van der Waals surface area contributed by atoms with Gasteiger partial charge >= 0.3 is 0 Å². The van der Waals surface area contributed by atoms with Gasteiger partial charge in [-0.3, -0.25) is 9.59 Å². The second-order valence-electron chi connectivity index (χ2n) is 5.56. The Kier molecular flexibility index (Phi) is 7.66. The van der Waals surface area contributed by atoms with Gasteiger partial charge in [0.1, 0.15) is 0 Å². The minimum Gasteiger partial charge on any atom is -0.377 e. The number of amides is 2. The average Bonchev–Trinajstić information content (AvgIpc) is 2.67. The zero-order valence-electron chi connectivity index (χ0n) is 14.4. The molecule has 1 atom stereocenters. The van der Waals surface area contributed by atoms with E-state index in [1.54, 1.807) is 24.3 Å². The first-order valence-corrected chi connectivity index (χ1v) is 8.48. The predicted molar refractivity (Wildman–Crippen MR) is 97.6 cm³/mol. The minimum absolute atomic E-state index is 0.107. The fourth-order valence-corrected chi connectivity index (χ4v) is 2.42. The van der Waals surface area contributed by atoms with Crippen LogP contribution in [0.5, 0.6) is 0 Å². The molecular formula is C20H24N2O3. The van der Waals surface area contributed by atoms with Crippen LogP contribution in [0.15, 0.2) is 60.7 Å². The van der Waals surface area contributed by atoms with Crippen molar-refractivity contribution >= 4 is 11.8 Å². The summed E-state index contributed by atoms with van der Waals surface area (Å²) >= 11 is 0. The van der Waals surface area contributed by atoms with E-state index in [1.165, 1.54) is 0 Å². The Hall–Kier alpha value is -2.66. The van der Waals surface area contributed by atoms with Gasteiger partial charge in [-0.25, -0.2) is 0 Å². The van der Waals surface area contributed by atoms with Crippen molar-refractivity contribution in [2.75, 3.05) is 19.7 Å². The summed E-state index contributed by atoms with van der Waals surface area (Å²) < 4.78 is 5.65. The zero-order chi connectivity index (χ0) is 17.9. The van der Waals surface area contributed by atoms with Crippen molar-refractivity contribution in [3.8, 4) is 0 Å². The van der Waals surface area contributed by atoms with E-state index in [9.17, 15) is 9.59 Å². The van der Waals surface area contributed by atoms with E-state index in [4.69, 9.17) is 4.74 Å². The number of carbonyl (C=O) groups excluding carboxylic acids is 2. The molecule has 0 aliphatic heterocycles. The van der Waals surface area contributed by atoms with Crippen LogP contribution in [-0.2, 0) is 4.74 Å². The molecule has 0 aliphatic rings. The van der Waals surface area contributed by atoms with E-state index in [0.717, 1.165) is 0 Å². The van der Waals surface area contributed by atoms with Gasteiger partial charge in [0.15, 0.2) is 0 Å². The number of hydrogen-bond donors (Lipinski definition) is 2. The topological polar surface area (TPSA) is 67.4 Å². The standard InChI is InChI=1S/C20H24N2O3/c1-2-25-18(15-22-20(24)17-11-7-4-8-12-17)13-14-21-19(23)16-9-5-3-6-10-16/h3-12,18H,2,13-15H2,1H3,(H,21,23)(H,22,24). The molecule has 0 saturated carbocycles. The Morgan fingerprint density at radius 2 is 1.40 bits per heavy atom. The lowest BCUT2D eigenvalue weighted by atomic mass is 10.2. The average molecular weight is 340 g/mol. The first-order valence-electron chi connectivity index (χ1n) is 8.48. The van der Waals surface area contributed by atoms with E-state index in [0.29, 0.717) is 37.2 Å². The molecule has 0 saturated heterocycles. The third-order valence-corrected chi connectivity index (χ3v) is 3.72. The fourth-order valence-electron chi connectivity index (χ4n) is 2.42. The molecule has 5 nitrogen and oxygen atoms in total. The van der Waals surface area contributed by atoms with Gasteiger partial charge < -0.3 is 15.4 Å². The molecule has 0 heterocycles. The third-order valence-electron chi connectivity index (χ3n) is 3.72. The molecular weight excluding hydrogens is 316 g/mol. The molecule has 2 N–H and O–H groups in total. The van der Waals surface area contributed by atoms with Crippen LogP contribution in [0.4, 0.5) is 0 Å². The van der Waals surface area contributed by atoms with Gasteiger partial charge in [0.05, 0.1) is 6.10 Å². The smallest absolute Gasteiger partial charge is 0.251 e. The lowest BCUT2D eigenvalue weighted by molar-refractivity contribution is 0.0534. The van der Waals surface area contributed by atoms with Gasteiger partial charge in [0.25, 0.3) is 11.8 Å². The highest BCUT2D eigenvalue weighted by atomic mass is 16.5. The number of benzene rings is 2. The minimum atomic E-state index is -0.145. The van der Waals surface area contributed by atoms with Crippen molar-refractivity contribution < 1.29 is 14.3 Å². The summed E-state index contributed by atoms with van der Waals surface area (Å²) in [6.07, 6.45) is 0.482. The van der Waals surface area contributed by atoms with Crippen molar-refractivity contribution in [2.24, 2.45) is 0 Å². The zero-order valence-corrected chi connectivity index (χ0v) is 14.4. The highest BCUT2D eigenvalue weighted by Crippen LogP contribution is 2.02. The summed E-state index contributed by atoms with van der Waals surface area (Å²) in [6, 6.07) is 18.1. The van der Waals surface area contributed by atoms with Gasteiger partial charge in [0.2, 0.25) is 0 Å². The van der Waals surface area contributed by atoms with Crippen molar-refractivity contribution in [1.29, 1.82) is 0 Å². The molecule has 2 aromatic carbocycles. The Balaban J connectivity index is 1.76. The summed E-state index contributed by atoms with van der Waals surface area (Å²) in [5.41, 5.74) is 1.25. The first kappa shape index (κ1) is 18.7. The summed E-state index contributed by atoms with van der Waals surface area (Å²) in [5, 5.41) is 5.75. The van der Waals surface area contributed by atoms with Crippen LogP contribution in [0.25, 0.3) is 0 Å². The molecule has 2 rings (SSSR count). The van der Waals surface area contributed by atoms with Gasteiger partial charge in [0, 0.05) is 30.8 Å². The summed E-state index contributed by atoms with van der Waals surface area (Å²) in [6.45, 7) is 3.36. The third kappa shape index (κ3) is 6.39. The molecule has 25 heavy (non-hydrogen) atoms. The molecule has 0 aliphatic carbocycles. The second-order valence-corrected chi connectivity index (χ2v) is 5.56. The Morgan fingerprint density at radius 1 is 0.880 bits per heavy atom. The van der Waals surface area contributed by atoms with Crippen LogP contribution < -0.4 is 10.6 Å².